The molecular formula is C12H14N2O4S. The van der Waals surface area contributed by atoms with Gasteiger partial charge in [0.15, 0.2) is 0 Å². The molecule has 0 aliphatic heterocycles. The van der Waals surface area contributed by atoms with Crippen molar-refractivity contribution in [3.05, 3.63) is 31.8 Å². The second kappa shape index (κ2) is 5.40. The van der Waals surface area contributed by atoms with E-state index in [0.29, 0.717) is 10.2 Å². The zero-order chi connectivity index (χ0) is 14.0. The minimum atomic E-state index is -0.936. The average Bonchev–Trinajstić information content (AvgIpc) is 2.76. The number of aromatic amines is 1. The maximum absolute atomic E-state index is 12.2. The van der Waals surface area contributed by atoms with Crippen LogP contribution in [0, 0.1) is 0 Å². The number of aryl methyl sites for hydroxylation is 1. The second-order valence-corrected chi connectivity index (χ2v) is 5.33. The van der Waals surface area contributed by atoms with E-state index in [9.17, 15) is 14.4 Å². The summed E-state index contributed by atoms with van der Waals surface area (Å²) in [6, 6.07) is 1.78. The van der Waals surface area contributed by atoms with E-state index in [1.165, 1.54) is 11.3 Å². The molecule has 0 saturated carbocycles. The number of aromatic nitrogens is 2. The van der Waals surface area contributed by atoms with Crippen molar-refractivity contribution in [2.75, 3.05) is 0 Å². The Hall–Kier alpha value is -1.89. The van der Waals surface area contributed by atoms with Crippen molar-refractivity contribution < 1.29 is 9.90 Å². The molecule has 0 radical (unpaired) electrons. The van der Waals surface area contributed by atoms with Gasteiger partial charge in [0, 0.05) is 17.8 Å². The highest BCUT2D eigenvalue weighted by Crippen LogP contribution is 2.20. The molecule has 0 fully saturated rings. The lowest BCUT2D eigenvalue weighted by Crippen LogP contribution is -2.34. The molecule has 19 heavy (non-hydrogen) atoms. The van der Waals surface area contributed by atoms with Gasteiger partial charge in [-0.05, 0) is 18.9 Å². The molecule has 0 aliphatic rings. The molecule has 0 bridgehead atoms. The third kappa shape index (κ3) is 2.76. The number of fused-ring (bicyclic) bond motifs is 1. The van der Waals surface area contributed by atoms with Crippen molar-refractivity contribution in [1.29, 1.82) is 0 Å². The van der Waals surface area contributed by atoms with Gasteiger partial charge >= 0.3 is 11.7 Å². The van der Waals surface area contributed by atoms with Crippen LogP contribution in [0.4, 0.5) is 0 Å². The van der Waals surface area contributed by atoms with Gasteiger partial charge in [0.05, 0.1) is 5.39 Å². The minimum absolute atomic E-state index is 0.0617. The summed E-state index contributed by atoms with van der Waals surface area (Å²) in [4.78, 5) is 38.7. The van der Waals surface area contributed by atoms with Crippen LogP contribution in [0.2, 0.25) is 0 Å². The largest absolute Gasteiger partial charge is 0.481 e. The number of rotatable bonds is 5. The lowest BCUT2D eigenvalue weighted by atomic mass is 10.3. The first-order valence-electron chi connectivity index (χ1n) is 6.00. The summed E-state index contributed by atoms with van der Waals surface area (Å²) in [6.45, 7) is 2.10. The number of hydrogen-bond acceptors (Lipinski definition) is 4. The van der Waals surface area contributed by atoms with Crippen molar-refractivity contribution in [2.45, 2.75) is 32.7 Å². The Morgan fingerprint density at radius 2 is 2.21 bits per heavy atom. The summed E-state index contributed by atoms with van der Waals surface area (Å²) >= 11 is 1.40. The fourth-order valence-electron chi connectivity index (χ4n) is 1.86. The van der Waals surface area contributed by atoms with Gasteiger partial charge in [0.2, 0.25) is 0 Å². The molecule has 2 N–H and O–H groups in total. The van der Waals surface area contributed by atoms with Gasteiger partial charge in [-0.15, -0.1) is 11.3 Å². The van der Waals surface area contributed by atoms with Gasteiger partial charge in [-0.1, -0.05) is 6.92 Å². The molecule has 0 amide bonds. The Morgan fingerprint density at radius 3 is 2.84 bits per heavy atom. The van der Waals surface area contributed by atoms with Gasteiger partial charge in [-0.2, -0.15) is 0 Å². The third-order valence-electron chi connectivity index (χ3n) is 2.85. The normalized spacial score (nSPS) is 11.0. The fraction of sp³-hybridized carbons (Fsp3) is 0.417. The fourth-order valence-corrected chi connectivity index (χ4v) is 2.84. The number of nitrogens with zero attached hydrogens (tertiary/aromatic N) is 1. The monoisotopic (exact) mass is 282 g/mol. The molecule has 0 aromatic carbocycles. The minimum Gasteiger partial charge on any atom is -0.481 e. The zero-order valence-corrected chi connectivity index (χ0v) is 11.2. The standard InChI is InChI=1S/C12H14N2O4S/c1-2-7-6-8-10(19-7)13-12(18)14(11(8)17)5-3-4-9(15)16/h6H,2-5H2,1H3,(H,13,18)(H,15,16). The summed E-state index contributed by atoms with van der Waals surface area (Å²) in [5, 5.41) is 9.06. The Balaban J connectivity index is 2.41. The van der Waals surface area contributed by atoms with E-state index in [1.807, 2.05) is 6.92 Å². The third-order valence-corrected chi connectivity index (χ3v) is 4.04. The molecule has 0 unspecified atom stereocenters. The van der Waals surface area contributed by atoms with E-state index in [4.69, 9.17) is 5.11 Å². The van der Waals surface area contributed by atoms with Crippen LogP contribution in [-0.2, 0) is 17.8 Å². The number of hydrogen-bond donors (Lipinski definition) is 2. The van der Waals surface area contributed by atoms with Crippen molar-refractivity contribution in [2.24, 2.45) is 0 Å². The molecule has 0 atom stereocenters. The summed E-state index contributed by atoms with van der Waals surface area (Å²) in [7, 11) is 0. The molecule has 2 aromatic rings. The first-order valence-corrected chi connectivity index (χ1v) is 6.82. The highest BCUT2D eigenvalue weighted by molar-refractivity contribution is 7.18. The molecule has 2 rings (SSSR count). The van der Waals surface area contributed by atoms with E-state index in [0.717, 1.165) is 15.9 Å². The van der Waals surface area contributed by atoms with E-state index in [-0.39, 0.29) is 24.9 Å². The van der Waals surface area contributed by atoms with E-state index < -0.39 is 11.7 Å². The van der Waals surface area contributed by atoms with Crippen LogP contribution < -0.4 is 11.2 Å². The molecule has 102 valence electrons. The molecule has 2 aromatic heterocycles. The Bertz CT molecular complexity index is 725. The van der Waals surface area contributed by atoms with Crippen LogP contribution in [0.5, 0.6) is 0 Å². The van der Waals surface area contributed by atoms with E-state index in [1.54, 1.807) is 6.07 Å². The van der Waals surface area contributed by atoms with Gasteiger partial charge in [0.25, 0.3) is 5.56 Å². The number of thiophene rings is 1. The molecule has 2 heterocycles. The zero-order valence-electron chi connectivity index (χ0n) is 10.4. The molecule has 7 heteroatoms. The second-order valence-electron chi connectivity index (χ2n) is 4.19. The smallest absolute Gasteiger partial charge is 0.329 e. The summed E-state index contributed by atoms with van der Waals surface area (Å²) in [6.07, 6.45) is 1.00. The Kier molecular flexibility index (Phi) is 3.84. The van der Waals surface area contributed by atoms with Crippen molar-refractivity contribution in [3.63, 3.8) is 0 Å². The Labute approximate surface area is 112 Å². The lowest BCUT2D eigenvalue weighted by Gasteiger charge is -2.02. The lowest BCUT2D eigenvalue weighted by molar-refractivity contribution is -0.137. The highest BCUT2D eigenvalue weighted by atomic mass is 32.1. The highest BCUT2D eigenvalue weighted by Gasteiger charge is 2.11. The van der Waals surface area contributed by atoms with Gasteiger partial charge in [-0.25, -0.2) is 4.79 Å². The maximum atomic E-state index is 12.2. The van der Waals surface area contributed by atoms with Crippen LogP contribution in [0.25, 0.3) is 10.2 Å². The van der Waals surface area contributed by atoms with Crippen LogP contribution in [0.15, 0.2) is 15.7 Å². The molecule has 0 aliphatic carbocycles. The van der Waals surface area contributed by atoms with Crippen LogP contribution in [-0.4, -0.2) is 20.6 Å². The van der Waals surface area contributed by atoms with Gasteiger partial charge in [0.1, 0.15) is 4.83 Å². The van der Waals surface area contributed by atoms with Gasteiger partial charge < -0.3 is 5.11 Å². The summed E-state index contributed by atoms with van der Waals surface area (Å²) < 4.78 is 1.07. The number of carboxylic acids is 1. The van der Waals surface area contributed by atoms with E-state index >= 15 is 0 Å². The van der Waals surface area contributed by atoms with Crippen LogP contribution in [0.3, 0.4) is 0 Å². The van der Waals surface area contributed by atoms with Crippen LogP contribution in [0.1, 0.15) is 24.6 Å². The number of carbonyl (C=O) groups is 1. The van der Waals surface area contributed by atoms with Gasteiger partial charge in [-0.3, -0.25) is 19.1 Å². The molecule has 0 spiro atoms. The van der Waals surface area contributed by atoms with Crippen molar-refractivity contribution in [1.82, 2.24) is 9.55 Å². The van der Waals surface area contributed by atoms with Crippen molar-refractivity contribution in [3.8, 4) is 0 Å². The summed E-state index contributed by atoms with van der Waals surface area (Å²) in [5.41, 5.74) is -0.826. The number of nitrogens with one attached hydrogen (secondary N) is 1. The quantitative estimate of drug-likeness (QED) is 0.861. The Morgan fingerprint density at radius 1 is 1.47 bits per heavy atom. The van der Waals surface area contributed by atoms with Crippen LogP contribution >= 0.6 is 11.3 Å². The number of aliphatic carboxylic acids is 1. The first-order chi connectivity index (χ1) is 9.02. The molecular weight excluding hydrogens is 268 g/mol. The summed E-state index contributed by atoms with van der Waals surface area (Å²) in [5.74, 6) is -0.936. The predicted octanol–water partition coefficient (Wildman–Crippen LogP) is 1.18. The molecule has 6 nitrogen and oxygen atoms in total. The van der Waals surface area contributed by atoms with Crippen molar-refractivity contribution >= 4 is 27.5 Å². The SMILES string of the molecule is CCc1cc2c(=O)n(CCCC(=O)O)c(=O)[nH]c2s1. The number of H-pyrrole nitrogens is 1. The average molecular weight is 282 g/mol. The topological polar surface area (TPSA) is 92.2 Å². The first kappa shape index (κ1) is 13.5. The molecule has 0 saturated heterocycles. The maximum Gasteiger partial charge on any atom is 0.329 e. The van der Waals surface area contributed by atoms with E-state index in [2.05, 4.69) is 4.98 Å². The predicted molar refractivity (Wildman–Crippen MR) is 73.0 cm³/mol. The number of carboxylic acid groups (broad SMARTS) is 1.